The predicted molar refractivity (Wildman–Crippen MR) is 92.6 cm³/mol. The van der Waals surface area contributed by atoms with Crippen LogP contribution in [0.3, 0.4) is 0 Å². The normalized spacial score (nSPS) is 25.5. The molecule has 2 aliphatic heterocycles. The van der Waals surface area contributed by atoms with Crippen molar-refractivity contribution in [2.75, 3.05) is 32.9 Å². The molecule has 0 aromatic carbocycles. The molecule has 25 heavy (non-hydrogen) atoms. The van der Waals surface area contributed by atoms with E-state index in [9.17, 15) is 4.79 Å². The van der Waals surface area contributed by atoms with Crippen LogP contribution in [-0.2, 0) is 14.3 Å². The second-order valence-electron chi connectivity index (χ2n) is 6.54. The highest BCUT2D eigenvalue weighted by atomic mass is 16.5. The van der Waals surface area contributed by atoms with E-state index in [-0.39, 0.29) is 18.1 Å². The molecule has 1 aromatic heterocycles. The summed E-state index contributed by atoms with van der Waals surface area (Å²) in [5.41, 5.74) is -0.108. The Bertz CT molecular complexity index is 589. The van der Waals surface area contributed by atoms with Crippen molar-refractivity contribution < 1.29 is 19.0 Å². The minimum Gasteiger partial charge on any atom is -0.475 e. The number of carbonyl (C=O) groups is 1. The number of pyridine rings is 1. The zero-order valence-electron chi connectivity index (χ0n) is 14.9. The van der Waals surface area contributed by atoms with Gasteiger partial charge in [-0.15, -0.1) is 0 Å². The summed E-state index contributed by atoms with van der Waals surface area (Å²) >= 11 is 0. The van der Waals surface area contributed by atoms with E-state index in [0.29, 0.717) is 38.4 Å². The average Bonchev–Trinajstić information content (AvgIpc) is 3.05. The molecule has 0 saturated carbocycles. The van der Waals surface area contributed by atoms with Crippen molar-refractivity contribution in [2.45, 2.75) is 44.4 Å². The van der Waals surface area contributed by atoms with Crippen LogP contribution < -0.4 is 15.4 Å². The number of carbonyl (C=O) groups excluding carboxylic acids is 1. The first kappa shape index (κ1) is 18.1. The number of hydrogen-bond donors (Lipinski definition) is 2. The van der Waals surface area contributed by atoms with Crippen LogP contribution in [0.4, 0.5) is 0 Å². The van der Waals surface area contributed by atoms with Gasteiger partial charge in [-0.1, -0.05) is 0 Å². The SMILES string of the molecule is CCO[C@@H]1COC[C@H]1NC(=O)C1(Oc2cccnc2C)CCNCC1. The van der Waals surface area contributed by atoms with Crippen LogP contribution in [0.15, 0.2) is 18.3 Å². The molecule has 0 radical (unpaired) electrons. The maximum Gasteiger partial charge on any atom is 0.264 e. The molecule has 2 fully saturated rings. The molecule has 7 heteroatoms. The summed E-state index contributed by atoms with van der Waals surface area (Å²) in [7, 11) is 0. The Hall–Kier alpha value is -1.70. The molecule has 2 atom stereocenters. The number of rotatable bonds is 6. The van der Waals surface area contributed by atoms with Crippen LogP contribution in [0.25, 0.3) is 0 Å². The molecule has 138 valence electrons. The van der Waals surface area contributed by atoms with Crippen molar-refractivity contribution in [1.29, 1.82) is 0 Å². The second-order valence-corrected chi connectivity index (χ2v) is 6.54. The highest BCUT2D eigenvalue weighted by Crippen LogP contribution is 2.29. The van der Waals surface area contributed by atoms with Gasteiger partial charge in [0.05, 0.1) is 24.9 Å². The van der Waals surface area contributed by atoms with Crippen molar-refractivity contribution in [3.63, 3.8) is 0 Å². The Balaban J connectivity index is 1.75. The Kier molecular flexibility index (Phi) is 5.88. The highest BCUT2D eigenvalue weighted by Gasteiger charge is 2.44. The standard InChI is InChI=1S/C18H27N3O4/c1-3-24-16-12-23-11-14(16)21-17(22)18(6-9-19-10-7-18)25-15-5-4-8-20-13(15)2/h4-5,8,14,16,19H,3,6-7,9-12H2,1-2H3,(H,21,22)/t14-,16-/m1/s1. The molecular formula is C18H27N3O4. The lowest BCUT2D eigenvalue weighted by atomic mass is 9.90. The molecule has 3 rings (SSSR count). The van der Waals surface area contributed by atoms with Gasteiger partial charge in [0.1, 0.15) is 11.9 Å². The predicted octanol–water partition coefficient (Wildman–Crippen LogP) is 0.811. The summed E-state index contributed by atoms with van der Waals surface area (Å²) in [5.74, 6) is 0.557. The third-order valence-corrected chi connectivity index (χ3v) is 4.81. The van der Waals surface area contributed by atoms with Crippen LogP contribution in [0.2, 0.25) is 0 Å². The Morgan fingerprint density at radius 1 is 1.44 bits per heavy atom. The monoisotopic (exact) mass is 349 g/mol. The number of amides is 1. The Labute approximate surface area is 148 Å². The Morgan fingerprint density at radius 2 is 2.24 bits per heavy atom. The molecule has 1 amide bonds. The van der Waals surface area contributed by atoms with Crippen molar-refractivity contribution in [1.82, 2.24) is 15.6 Å². The van der Waals surface area contributed by atoms with Crippen LogP contribution in [0.5, 0.6) is 5.75 Å². The molecule has 0 bridgehead atoms. The van der Waals surface area contributed by atoms with Crippen LogP contribution in [0, 0.1) is 6.92 Å². The third kappa shape index (κ3) is 4.11. The topological polar surface area (TPSA) is 81.7 Å². The van der Waals surface area contributed by atoms with E-state index in [1.807, 2.05) is 26.0 Å². The third-order valence-electron chi connectivity index (χ3n) is 4.81. The van der Waals surface area contributed by atoms with Gasteiger partial charge in [0, 0.05) is 25.6 Å². The van der Waals surface area contributed by atoms with E-state index < -0.39 is 5.60 Å². The molecule has 0 unspecified atom stereocenters. The van der Waals surface area contributed by atoms with Crippen molar-refractivity contribution in [3.8, 4) is 5.75 Å². The van der Waals surface area contributed by atoms with E-state index in [0.717, 1.165) is 18.8 Å². The minimum absolute atomic E-state index is 0.0996. The van der Waals surface area contributed by atoms with Crippen LogP contribution >= 0.6 is 0 Å². The molecule has 2 N–H and O–H groups in total. The Morgan fingerprint density at radius 3 is 2.96 bits per heavy atom. The van der Waals surface area contributed by atoms with Gasteiger partial charge in [0.15, 0.2) is 5.60 Å². The molecule has 3 heterocycles. The van der Waals surface area contributed by atoms with E-state index in [4.69, 9.17) is 14.2 Å². The maximum absolute atomic E-state index is 13.1. The van der Waals surface area contributed by atoms with Gasteiger partial charge >= 0.3 is 0 Å². The molecule has 0 aliphatic carbocycles. The number of nitrogens with one attached hydrogen (secondary N) is 2. The van der Waals surface area contributed by atoms with Gasteiger partial charge in [0.2, 0.25) is 0 Å². The molecule has 2 saturated heterocycles. The molecule has 0 spiro atoms. The smallest absolute Gasteiger partial charge is 0.264 e. The fraction of sp³-hybridized carbons (Fsp3) is 0.667. The van der Waals surface area contributed by atoms with Gasteiger partial charge in [-0.25, -0.2) is 0 Å². The summed E-state index contributed by atoms with van der Waals surface area (Å²) in [6.07, 6.45) is 2.84. The zero-order valence-corrected chi connectivity index (χ0v) is 14.9. The van der Waals surface area contributed by atoms with E-state index in [2.05, 4.69) is 15.6 Å². The number of aryl methyl sites for hydroxylation is 1. The summed E-state index contributed by atoms with van der Waals surface area (Å²) in [4.78, 5) is 17.4. The van der Waals surface area contributed by atoms with E-state index in [1.165, 1.54) is 0 Å². The fourth-order valence-electron chi connectivity index (χ4n) is 3.34. The van der Waals surface area contributed by atoms with E-state index >= 15 is 0 Å². The molecular weight excluding hydrogens is 322 g/mol. The number of ether oxygens (including phenoxy) is 3. The van der Waals surface area contributed by atoms with Crippen LogP contribution in [-0.4, -0.2) is 61.5 Å². The van der Waals surface area contributed by atoms with Crippen LogP contribution in [0.1, 0.15) is 25.5 Å². The number of hydrogen-bond acceptors (Lipinski definition) is 6. The first-order valence-electron chi connectivity index (χ1n) is 8.96. The number of aromatic nitrogens is 1. The summed E-state index contributed by atoms with van der Waals surface area (Å²) < 4.78 is 17.4. The van der Waals surface area contributed by atoms with Crippen molar-refractivity contribution in [2.24, 2.45) is 0 Å². The summed E-state index contributed by atoms with van der Waals surface area (Å²) in [6, 6.07) is 3.55. The second kappa shape index (κ2) is 8.12. The highest BCUT2D eigenvalue weighted by molar-refractivity contribution is 5.86. The van der Waals surface area contributed by atoms with Gasteiger partial charge < -0.3 is 24.8 Å². The average molecular weight is 349 g/mol. The first-order chi connectivity index (χ1) is 12.1. The maximum atomic E-state index is 13.1. The molecule has 1 aromatic rings. The number of nitrogens with zero attached hydrogens (tertiary/aromatic N) is 1. The molecule has 7 nitrogen and oxygen atoms in total. The quantitative estimate of drug-likeness (QED) is 0.791. The number of piperidine rings is 1. The lowest BCUT2D eigenvalue weighted by molar-refractivity contribution is -0.140. The molecule has 2 aliphatic rings. The van der Waals surface area contributed by atoms with Gasteiger partial charge in [0.25, 0.3) is 5.91 Å². The van der Waals surface area contributed by atoms with Gasteiger partial charge in [-0.3, -0.25) is 9.78 Å². The summed E-state index contributed by atoms with van der Waals surface area (Å²) in [5, 5.41) is 6.39. The van der Waals surface area contributed by atoms with Gasteiger partial charge in [-0.05, 0) is 39.1 Å². The minimum atomic E-state index is -0.890. The largest absolute Gasteiger partial charge is 0.475 e. The van der Waals surface area contributed by atoms with Gasteiger partial charge in [-0.2, -0.15) is 0 Å². The summed E-state index contributed by atoms with van der Waals surface area (Å²) in [6.45, 7) is 6.89. The fourth-order valence-corrected chi connectivity index (χ4v) is 3.34. The zero-order chi connectivity index (χ0) is 17.7. The van der Waals surface area contributed by atoms with Crippen molar-refractivity contribution in [3.05, 3.63) is 24.0 Å². The van der Waals surface area contributed by atoms with Crippen molar-refractivity contribution >= 4 is 5.91 Å². The lowest BCUT2D eigenvalue weighted by Crippen LogP contribution is -2.59. The van der Waals surface area contributed by atoms with E-state index in [1.54, 1.807) is 6.20 Å². The first-order valence-corrected chi connectivity index (χ1v) is 8.96. The lowest BCUT2D eigenvalue weighted by Gasteiger charge is -2.37.